The zero-order valence-corrected chi connectivity index (χ0v) is 11.2. The molecule has 5 nitrogen and oxygen atoms in total. The number of carbonyl (C=O) groups excluding carboxylic acids is 1. The first-order valence-corrected chi connectivity index (χ1v) is 6.42. The van der Waals surface area contributed by atoms with Gasteiger partial charge < -0.3 is 14.7 Å². The number of carbonyl (C=O) groups is 2. The number of fused-ring (bicyclic) bond motifs is 1. The number of hydrogen-bond acceptors (Lipinski definition) is 3. The van der Waals surface area contributed by atoms with Gasteiger partial charge in [-0.05, 0) is 44.9 Å². The minimum Gasteiger partial charge on any atom is -0.481 e. The third-order valence-electron chi connectivity index (χ3n) is 3.83. The van der Waals surface area contributed by atoms with E-state index < -0.39 is 11.6 Å². The Morgan fingerprint density at radius 1 is 1.44 bits per heavy atom. The normalized spacial score (nSPS) is 30.6. The number of carboxylic acids is 1. The highest BCUT2D eigenvalue weighted by atomic mass is 16.6. The molecule has 1 heterocycles. The molecule has 2 fully saturated rings. The lowest BCUT2D eigenvalue weighted by molar-refractivity contribution is -0.138. The van der Waals surface area contributed by atoms with Crippen molar-refractivity contribution in [1.29, 1.82) is 0 Å². The molecule has 1 aliphatic heterocycles. The van der Waals surface area contributed by atoms with Crippen LogP contribution in [0.25, 0.3) is 0 Å². The predicted octanol–water partition coefficient (Wildman–Crippen LogP) is 2.11. The number of ether oxygens (including phenoxy) is 1. The fourth-order valence-electron chi connectivity index (χ4n) is 2.81. The Labute approximate surface area is 107 Å². The van der Waals surface area contributed by atoms with Gasteiger partial charge in [0.15, 0.2) is 0 Å². The number of likely N-dealkylation sites (tertiary alicyclic amines) is 1. The van der Waals surface area contributed by atoms with E-state index in [1.807, 2.05) is 20.8 Å². The third kappa shape index (κ3) is 2.76. The van der Waals surface area contributed by atoms with E-state index in [1.165, 1.54) is 0 Å². The van der Waals surface area contributed by atoms with Crippen LogP contribution < -0.4 is 0 Å². The summed E-state index contributed by atoms with van der Waals surface area (Å²) in [5.41, 5.74) is -0.513. The van der Waals surface area contributed by atoms with Gasteiger partial charge in [0.2, 0.25) is 0 Å². The molecule has 1 saturated heterocycles. The molecule has 0 aromatic rings. The lowest BCUT2D eigenvalue weighted by Gasteiger charge is -2.32. The molecule has 0 bridgehead atoms. The van der Waals surface area contributed by atoms with Crippen molar-refractivity contribution in [2.45, 2.75) is 45.6 Å². The van der Waals surface area contributed by atoms with Gasteiger partial charge in [-0.25, -0.2) is 4.79 Å². The highest BCUT2D eigenvalue weighted by Gasteiger charge is 2.58. The van der Waals surface area contributed by atoms with Crippen LogP contribution in [-0.2, 0) is 9.53 Å². The molecular weight excluding hydrogens is 234 g/mol. The van der Waals surface area contributed by atoms with Crippen molar-refractivity contribution < 1.29 is 19.4 Å². The number of piperidine rings is 1. The van der Waals surface area contributed by atoms with Gasteiger partial charge in [-0.3, -0.25) is 4.79 Å². The summed E-state index contributed by atoms with van der Waals surface area (Å²) in [6.45, 7) is 6.79. The first kappa shape index (κ1) is 13.2. The van der Waals surface area contributed by atoms with Crippen molar-refractivity contribution in [2.24, 2.45) is 11.3 Å². The molecule has 5 heteroatoms. The number of rotatable bonds is 2. The molecule has 1 aliphatic carbocycles. The molecule has 0 aromatic heterocycles. The van der Waals surface area contributed by atoms with Gasteiger partial charge in [0.25, 0.3) is 0 Å². The minimum absolute atomic E-state index is 0.0374. The van der Waals surface area contributed by atoms with Crippen LogP contribution >= 0.6 is 0 Å². The first-order chi connectivity index (χ1) is 8.22. The molecule has 0 spiro atoms. The Kier molecular flexibility index (Phi) is 3.03. The van der Waals surface area contributed by atoms with Crippen LogP contribution in [0, 0.1) is 11.3 Å². The SMILES string of the molecule is CC(C)(C)OC(=O)N1CCC2(CC(=O)O)CC2C1. The quantitative estimate of drug-likeness (QED) is 0.820. The average molecular weight is 255 g/mol. The lowest BCUT2D eigenvalue weighted by atomic mass is 9.92. The summed E-state index contributed by atoms with van der Waals surface area (Å²) in [7, 11) is 0. The predicted molar refractivity (Wildman–Crippen MR) is 65.2 cm³/mol. The highest BCUT2D eigenvalue weighted by Crippen LogP contribution is 2.60. The zero-order valence-electron chi connectivity index (χ0n) is 11.2. The summed E-state index contributed by atoms with van der Waals surface area (Å²) in [6.07, 6.45) is 1.67. The van der Waals surface area contributed by atoms with E-state index in [0.29, 0.717) is 19.0 Å². The molecule has 1 saturated carbocycles. The van der Waals surface area contributed by atoms with E-state index in [0.717, 1.165) is 12.8 Å². The second kappa shape index (κ2) is 4.14. The molecule has 0 radical (unpaired) electrons. The Morgan fingerprint density at radius 2 is 2.11 bits per heavy atom. The zero-order chi connectivity index (χ0) is 13.6. The molecule has 102 valence electrons. The van der Waals surface area contributed by atoms with Crippen molar-refractivity contribution >= 4 is 12.1 Å². The maximum absolute atomic E-state index is 11.9. The van der Waals surface area contributed by atoms with Crippen molar-refractivity contribution in [3.63, 3.8) is 0 Å². The molecule has 18 heavy (non-hydrogen) atoms. The number of hydrogen-bond donors (Lipinski definition) is 1. The number of nitrogens with zero attached hydrogens (tertiary/aromatic N) is 1. The lowest BCUT2D eigenvalue weighted by Crippen LogP contribution is -2.42. The fourth-order valence-corrected chi connectivity index (χ4v) is 2.81. The molecule has 1 amide bonds. The van der Waals surface area contributed by atoms with E-state index in [-0.39, 0.29) is 17.9 Å². The van der Waals surface area contributed by atoms with Crippen LogP contribution in [0.5, 0.6) is 0 Å². The van der Waals surface area contributed by atoms with Crippen molar-refractivity contribution in [2.75, 3.05) is 13.1 Å². The second-order valence-electron chi connectivity index (χ2n) is 6.51. The van der Waals surface area contributed by atoms with Gasteiger partial charge in [-0.1, -0.05) is 0 Å². The largest absolute Gasteiger partial charge is 0.481 e. The summed E-state index contributed by atoms with van der Waals surface area (Å²) in [5, 5.41) is 8.88. The third-order valence-corrected chi connectivity index (χ3v) is 3.83. The topological polar surface area (TPSA) is 66.8 Å². The van der Waals surface area contributed by atoms with Crippen LogP contribution in [0.3, 0.4) is 0 Å². The highest BCUT2D eigenvalue weighted by molar-refractivity contribution is 5.70. The van der Waals surface area contributed by atoms with Gasteiger partial charge in [-0.2, -0.15) is 0 Å². The standard InChI is InChI=1S/C13H21NO4/c1-12(2,3)18-11(17)14-5-4-13(7-10(15)16)6-9(13)8-14/h9H,4-8H2,1-3H3,(H,15,16). The van der Waals surface area contributed by atoms with Crippen LogP contribution in [0.2, 0.25) is 0 Å². The van der Waals surface area contributed by atoms with Crippen LogP contribution in [0.15, 0.2) is 0 Å². The van der Waals surface area contributed by atoms with Crippen LogP contribution in [-0.4, -0.2) is 40.8 Å². The van der Waals surface area contributed by atoms with Crippen molar-refractivity contribution in [3.8, 4) is 0 Å². The van der Waals surface area contributed by atoms with Crippen molar-refractivity contribution in [1.82, 2.24) is 4.90 Å². The van der Waals surface area contributed by atoms with E-state index >= 15 is 0 Å². The van der Waals surface area contributed by atoms with Crippen LogP contribution in [0.1, 0.15) is 40.0 Å². The molecule has 2 rings (SSSR count). The molecule has 2 unspecified atom stereocenters. The maximum Gasteiger partial charge on any atom is 0.410 e. The smallest absolute Gasteiger partial charge is 0.410 e. The maximum atomic E-state index is 11.9. The molecule has 2 atom stereocenters. The van der Waals surface area contributed by atoms with Crippen LogP contribution in [0.4, 0.5) is 4.79 Å². The van der Waals surface area contributed by atoms with Crippen molar-refractivity contribution in [3.05, 3.63) is 0 Å². The summed E-state index contributed by atoms with van der Waals surface area (Å²) in [5.74, 6) is -0.391. The second-order valence-corrected chi connectivity index (χ2v) is 6.51. The summed E-state index contributed by atoms with van der Waals surface area (Å²) < 4.78 is 5.33. The molecule has 0 aromatic carbocycles. The van der Waals surface area contributed by atoms with Gasteiger partial charge >= 0.3 is 12.1 Å². The summed E-state index contributed by atoms with van der Waals surface area (Å²) in [6, 6.07) is 0. The Morgan fingerprint density at radius 3 is 2.61 bits per heavy atom. The van der Waals surface area contributed by atoms with Gasteiger partial charge in [0.05, 0.1) is 6.42 Å². The Hall–Kier alpha value is -1.26. The fraction of sp³-hybridized carbons (Fsp3) is 0.846. The Bertz CT molecular complexity index is 374. The average Bonchev–Trinajstić information content (AvgIpc) is 2.85. The number of carboxylic acid groups (broad SMARTS) is 1. The molecular formula is C13H21NO4. The van der Waals surface area contributed by atoms with E-state index in [4.69, 9.17) is 9.84 Å². The minimum atomic E-state index is -0.733. The first-order valence-electron chi connectivity index (χ1n) is 6.42. The Balaban J connectivity index is 1.88. The van der Waals surface area contributed by atoms with E-state index in [2.05, 4.69) is 0 Å². The summed E-state index contributed by atoms with van der Waals surface area (Å²) >= 11 is 0. The number of aliphatic carboxylic acids is 1. The number of amides is 1. The molecule has 2 aliphatic rings. The van der Waals surface area contributed by atoms with E-state index in [1.54, 1.807) is 4.90 Å². The van der Waals surface area contributed by atoms with Gasteiger partial charge in [0.1, 0.15) is 5.60 Å². The van der Waals surface area contributed by atoms with Gasteiger partial charge in [0, 0.05) is 13.1 Å². The van der Waals surface area contributed by atoms with Gasteiger partial charge in [-0.15, -0.1) is 0 Å². The summed E-state index contributed by atoms with van der Waals surface area (Å²) in [4.78, 5) is 24.4. The molecule has 1 N–H and O–H groups in total. The van der Waals surface area contributed by atoms with E-state index in [9.17, 15) is 9.59 Å². The monoisotopic (exact) mass is 255 g/mol.